The molecular weight excluding hydrogens is 264 g/mol. The minimum absolute atomic E-state index is 0.0501. The summed E-state index contributed by atoms with van der Waals surface area (Å²) in [6.45, 7) is 5.58. The van der Waals surface area contributed by atoms with Crippen LogP contribution in [0.2, 0.25) is 5.02 Å². The SMILES string of the molecule is C=C(C)CN(C)S(=O)(=O)c1c[nH]c(=O)c(Cl)c1. The molecule has 7 heteroatoms. The first-order valence-electron chi connectivity index (χ1n) is 4.74. The maximum atomic E-state index is 12.0. The first kappa shape index (κ1) is 14.0. The molecule has 1 heterocycles. The van der Waals surface area contributed by atoms with Gasteiger partial charge in [0.25, 0.3) is 5.56 Å². The van der Waals surface area contributed by atoms with Crippen LogP contribution in [0.4, 0.5) is 0 Å². The molecule has 0 spiro atoms. The standard InChI is InChI=1S/C10H13ClN2O3S/c1-7(2)6-13(3)17(15,16)8-4-9(11)10(14)12-5-8/h4-5H,1,6H2,2-3H3,(H,12,14). The van der Waals surface area contributed by atoms with Crippen LogP contribution in [-0.4, -0.2) is 31.3 Å². The van der Waals surface area contributed by atoms with Gasteiger partial charge in [-0.25, -0.2) is 8.42 Å². The van der Waals surface area contributed by atoms with Gasteiger partial charge in [-0.15, -0.1) is 0 Å². The van der Waals surface area contributed by atoms with Gasteiger partial charge in [0, 0.05) is 19.8 Å². The van der Waals surface area contributed by atoms with E-state index in [9.17, 15) is 13.2 Å². The molecule has 0 radical (unpaired) electrons. The van der Waals surface area contributed by atoms with Gasteiger partial charge < -0.3 is 4.98 Å². The van der Waals surface area contributed by atoms with E-state index in [-0.39, 0.29) is 16.5 Å². The van der Waals surface area contributed by atoms with E-state index in [1.54, 1.807) is 6.92 Å². The molecule has 1 aromatic rings. The van der Waals surface area contributed by atoms with Crippen molar-refractivity contribution in [3.05, 3.63) is 39.8 Å². The third-order valence-electron chi connectivity index (χ3n) is 2.03. The van der Waals surface area contributed by atoms with Crippen LogP contribution in [0.15, 0.2) is 34.1 Å². The van der Waals surface area contributed by atoms with Crippen molar-refractivity contribution in [1.29, 1.82) is 0 Å². The fraction of sp³-hybridized carbons (Fsp3) is 0.300. The smallest absolute Gasteiger partial charge is 0.266 e. The first-order chi connectivity index (χ1) is 7.75. The topological polar surface area (TPSA) is 70.2 Å². The van der Waals surface area contributed by atoms with Gasteiger partial charge in [-0.2, -0.15) is 4.31 Å². The van der Waals surface area contributed by atoms with Crippen LogP contribution in [0.3, 0.4) is 0 Å². The predicted molar refractivity (Wildman–Crippen MR) is 66.7 cm³/mol. The number of nitrogens with zero attached hydrogens (tertiary/aromatic N) is 1. The second-order valence-corrected chi connectivity index (χ2v) is 6.18. The lowest BCUT2D eigenvalue weighted by Crippen LogP contribution is -2.29. The maximum Gasteiger partial charge on any atom is 0.266 e. The number of hydrogen-bond donors (Lipinski definition) is 1. The molecule has 5 nitrogen and oxygen atoms in total. The van der Waals surface area contributed by atoms with E-state index < -0.39 is 15.6 Å². The summed E-state index contributed by atoms with van der Waals surface area (Å²) in [6, 6.07) is 1.13. The summed E-state index contributed by atoms with van der Waals surface area (Å²) >= 11 is 5.59. The van der Waals surface area contributed by atoms with E-state index in [1.807, 2.05) is 0 Å². The summed E-state index contributed by atoms with van der Waals surface area (Å²) in [4.78, 5) is 13.3. The Labute approximate surface area is 105 Å². The third-order valence-corrected chi connectivity index (χ3v) is 4.09. The van der Waals surface area contributed by atoms with Gasteiger partial charge in [-0.05, 0) is 13.0 Å². The highest BCUT2D eigenvalue weighted by atomic mass is 35.5. The number of hydrogen-bond acceptors (Lipinski definition) is 3. The molecule has 0 bridgehead atoms. The first-order valence-corrected chi connectivity index (χ1v) is 6.56. The number of nitrogens with one attached hydrogen (secondary N) is 1. The molecule has 1 N–H and O–H groups in total. The third kappa shape index (κ3) is 3.18. The Morgan fingerprint density at radius 2 is 2.18 bits per heavy atom. The number of rotatable bonds is 4. The lowest BCUT2D eigenvalue weighted by Gasteiger charge is -2.16. The molecule has 0 saturated carbocycles. The van der Waals surface area contributed by atoms with Crippen molar-refractivity contribution in [2.24, 2.45) is 0 Å². The van der Waals surface area contributed by atoms with Crippen molar-refractivity contribution >= 4 is 21.6 Å². The molecule has 1 rings (SSSR count). The number of aromatic amines is 1. The average molecular weight is 277 g/mol. The van der Waals surface area contributed by atoms with Crippen molar-refractivity contribution in [2.75, 3.05) is 13.6 Å². The minimum Gasteiger partial charge on any atom is -0.326 e. The number of sulfonamides is 1. The van der Waals surface area contributed by atoms with Crippen LogP contribution < -0.4 is 5.56 Å². The minimum atomic E-state index is -3.66. The number of aromatic nitrogens is 1. The van der Waals surface area contributed by atoms with Crippen LogP contribution in [0, 0.1) is 0 Å². The van der Waals surface area contributed by atoms with Crippen molar-refractivity contribution in [2.45, 2.75) is 11.8 Å². The van der Waals surface area contributed by atoms with Gasteiger partial charge in [-0.3, -0.25) is 4.79 Å². The second kappa shape index (κ2) is 5.03. The highest BCUT2D eigenvalue weighted by molar-refractivity contribution is 7.89. The zero-order valence-electron chi connectivity index (χ0n) is 9.53. The lowest BCUT2D eigenvalue weighted by molar-refractivity contribution is 0.492. The van der Waals surface area contributed by atoms with Crippen molar-refractivity contribution in [3.8, 4) is 0 Å². The van der Waals surface area contributed by atoms with Gasteiger partial charge >= 0.3 is 0 Å². The molecule has 0 saturated heterocycles. The van der Waals surface area contributed by atoms with Crippen LogP contribution in [-0.2, 0) is 10.0 Å². The Bertz CT molecular complexity index is 592. The fourth-order valence-electron chi connectivity index (χ4n) is 1.23. The predicted octanol–water partition coefficient (Wildman–Crippen LogP) is 1.22. The molecule has 1 aromatic heterocycles. The van der Waals surface area contributed by atoms with Crippen molar-refractivity contribution in [3.63, 3.8) is 0 Å². The zero-order chi connectivity index (χ0) is 13.2. The van der Waals surface area contributed by atoms with Crippen LogP contribution in [0.1, 0.15) is 6.92 Å². The van der Waals surface area contributed by atoms with E-state index in [4.69, 9.17) is 11.6 Å². The van der Waals surface area contributed by atoms with Gasteiger partial charge in [0.05, 0.1) is 4.90 Å². The molecule has 0 fully saturated rings. The molecule has 0 amide bonds. The number of pyridine rings is 1. The summed E-state index contributed by atoms with van der Waals surface area (Å²) in [5.41, 5.74) is 0.194. The summed E-state index contributed by atoms with van der Waals surface area (Å²) < 4.78 is 25.2. The fourth-order valence-corrected chi connectivity index (χ4v) is 2.69. The highest BCUT2D eigenvalue weighted by Gasteiger charge is 2.21. The van der Waals surface area contributed by atoms with Crippen molar-refractivity contribution < 1.29 is 8.42 Å². The van der Waals surface area contributed by atoms with E-state index in [2.05, 4.69) is 11.6 Å². The van der Waals surface area contributed by atoms with Crippen molar-refractivity contribution in [1.82, 2.24) is 9.29 Å². The van der Waals surface area contributed by atoms with E-state index in [0.717, 1.165) is 16.6 Å². The van der Waals surface area contributed by atoms with E-state index in [1.165, 1.54) is 7.05 Å². The number of likely N-dealkylation sites (N-methyl/N-ethyl adjacent to an activating group) is 1. The average Bonchev–Trinajstić information content (AvgIpc) is 2.20. The second-order valence-electron chi connectivity index (χ2n) is 3.73. The Balaban J connectivity index is 3.17. The van der Waals surface area contributed by atoms with Gasteiger partial charge in [-0.1, -0.05) is 23.8 Å². The molecule has 94 valence electrons. The van der Waals surface area contributed by atoms with Crippen LogP contribution in [0.25, 0.3) is 0 Å². The number of H-pyrrole nitrogens is 1. The Hall–Kier alpha value is -1.11. The van der Waals surface area contributed by atoms with Crippen LogP contribution in [0.5, 0.6) is 0 Å². The zero-order valence-corrected chi connectivity index (χ0v) is 11.1. The van der Waals surface area contributed by atoms with Gasteiger partial charge in [0.1, 0.15) is 5.02 Å². The summed E-state index contributed by atoms with van der Waals surface area (Å²) in [5, 5.41) is -0.158. The van der Waals surface area contributed by atoms with Gasteiger partial charge in [0.15, 0.2) is 0 Å². The summed E-state index contributed by atoms with van der Waals surface area (Å²) in [5.74, 6) is 0. The largest absolute Gasteiger partial charge is 0.326 e. The Kier molecular flexibility index (Phi) is 4.13. The molecule has 0 aliphatic carbocycles. The Morgan fingerprint density at radius 1 is 1.59 bits per heavy atom. The number of halogens is 1. The molecule has 0 aliphatic rings. The van der Waals surface area contributed by atoms with E-state index >= 15 is 0 Å². The quantitative estimate of drug-likeness (QED) is 0.841. The molecule has 0 aliphatic heterocycles. The van der Waals surface area contributed by atoms with Gasteiger partial charge in [0.2, 0.25) is 10.0 Å². The normalized spacial score (nSPS) is 11.8. The molecule has 0 atom stereocenters. The van der Waals surface area contributed by atoms with E-state index in [0.29, 0.717) is 5.57 Å². The molecule has 17 heavy (non-hydrogen) atoms. The molecular formula is C10H13ClN2O3S. The molecule has 0 aromatic carbocycles. The molecule has 0 unspecified atom stereocenters. The maximum absolute atomic E-state index is 12.0. The lowest BCUT2D eigenvalue weighted by atomic mass is 10.4. The highest BCUT2D eigenvalue weighted by Crippen LogP contribution is 2.15. The summed E-state index contributed by atoms with van der Waals surface area (Å²) in [7, 11) is -2.22. The summed E-state index contributed by atoms with van der Waals surface area (Å²) in [6.07, 6.45) is 1.12. The van der Waals surface area contributed by atoms with Crippen LogP contribution >= 0.6 is 11.6 Å². The monoisotopic (exact) mass is 276 g/mol. The Morgan fingerprint density at radius 3 is 2.65 bits per heavy atom.